The Hall–Kier alpha value is -3.07. The number of thiazole rings is 1. The molecule has 3 rings (SSSR count). The molecule has 2 aliphatic heterocycles. The number of carboxylic acid groups (broad SMARTS) is 1. The third-order valence-electron chi connectivity index (χ3n) is 4.18. The normalized spacial score (nSPS) is 21.7. The number of hydrogen-bond acceptors (Lipinski definition) is 9. The zero-order chi connectivity index (χ0) is 22.9. The summed E-state index contributed by atoms with van der Waals surface area (Å²) in [6.45, 7) is 0. The number of nitrogen functional groups attached to an aromatic ring is 1. The molecule has 0 aliphatic carbocycles. The van der Waals surface area contributed by atoms with Gasteiger partial charge in [0, 0.05) is 22.1 Å². The number of halogens is 3. The van der Waals surface area contributed by atoms with Crippen molar-refractivity contribution in [2.45, 2.75) is 18.3 Å². The Balaban J connectivity index is 1.81. The standard InChI is InChI=1S/C16H14F3N5O5S2/c1-29-23-9(6-4-31-15(20)21-6)12(25)22-10-7-5-30-8(2-3-16(17,18)19)11(14(27)28)24(7)13(10)26/h2-4,7,10H,5H2,1H3,(H2,20,21)(H,22,25)(H,27,28). The fourth-order valence-electron chi connectivity index (χ4n) is 2.92. The fraction of sp³-hybridized carbons (Fsp3) is 0.312. The van der Waals surface area contributed by atoms with Crippen LogP contribution in [0.5, 0.6) is 0 Å². The highest BCUT2D eigenvalue weighted by molar-refractivity contribution is 8.03. The van der Waals surface area contributed by atoms with Crippen LogP contribution in [0, 0.1) is 0 Å². The first-order chi connectivity index (χ1) is 14.5. The molecule has 2 atom stereocenters. The summed E-state index contributed by atoms with van der Waals surface area (Å²) < 4.78 is 37.4. The lowest BCUT2D eigenvalue weighted by Gasteiger charge is -2.49. The van der Waals surface area contributed by atoms with Gasteiger partial charge < -0.3 is 21.0 Å². The molecule has 2 unspecified atom stereocenters. The Morgan fingerprint density at radius 3 is 2.74 bits per heavy atom. The number of oxime groups is 1. The largest absolute Gasteiger partial charge is 0.477 e. The Bertz CT molecular complexity index is 1020. The van der Waals surface area contributed by atoms with Crippen molar-refractivity contribution in [3.05, 3.63) is 33.8 Å². The van der Waals surface area contributed by atoms with Crippen molar-refractivity contribution in [2.75, 3.05) is 18.6 Å². The number of carbonyl (C=O) groups excluding carboxylic acids is 2. The highest BCUT2D eigenvalue weighted by atomic mass is 32.2. The fourth-order valence-corrected chi connectivity index (χ4v) is 4.65. The zero-order valence-corrected chi connectivity index (χ0v) is 17.2. The van der Waals surface area contributed by atoms with Crippen LogP contribution in [0.2, 0.25) is 0 Å². The summed E-state index contributed by atoms with van der Waals surface area (Å²) in [7, 11) is 1.21. The van der Waals surface area contributed by atoms with Gasteiger partial charge in [-0.25, -0.2) is 9.78 Å². The number of alkyl halides is 3. The van der Waals surface area contributed by atoms with Gasteiger partial charge in [0.15, 0.2) is 10.8 Å². The highest BCUT2D eigenvalue weighted by Crippen LogP contribution is 2.40. The van der Waals surface area contributed by atoms with Crippen LogP contribution in [0.15, 0.2) is 33.3 Å². The number of thioether (sulfide) groups is 1. The second-order valence-corrected chi connectivity index (χ2v) is 8.08. The van der Waals surface area contributed by atoms with Crippen LogP contribution in [-0.2, 0) is 19.2 Å². The smallest absolute Gasteiger partial charge is 0.409 e. The molecular formula is C16H14F3N5O5S2. The SMILES string of the molecule is CON=C(C(=O)NC1C(=O)N2C(C(=O)O)=C(C=CC(F)(F)F)SCC12)c1csc(N)n1. The van der Waals surface area contributed by atoms with E-state index < -0.39 is 41.7 Å². The van der Waals surface area contributed by atoms with Crippen molar-refractivity contribution in [1.29, 1.82) is 0 Å². The summed E-state index contributed by atoms with van der Waals surface area (Å²) in [4.78, 5) is 46.0. The Morgan fingerprint density at radius 1 is 1.48 bits per heavy atom. The van der Waals surface area contributed by atoms with Gasteiger partial charge in [-0.2, -0.15) is 13.2 Å². The minimum atomic E-state index is -4.64. The number of β-lactam (4-membered cyclic amide) rings is 1. The number of hydrogen-bond donors (Lipinski definition) is 3. The maximum Gasteiger partial charge on any atom is 0.409 e. The molecule has 31 heavy (non-hydrogen) atoms. The predicted molar refractivity (Wildman–Crippen MR) is 105 cm³/mol. The Morgan fingerprint density at radius 2 is 2.19 bits per heavy atom. The van der Waals surface area contributed by atoms with E-state index in [0.717, 1.165) is 28.0 Å². The van der Waals surface area contributed by atoms with E-state index in [1.54, 1.807) is 0 Å². The summed E-state index contributed by atoms with van der Waals surface area (Å²) in [5, 5.41) is 17.1. The lowest BCUT2D eigenvalue weighted by molar-refractivity contribution is -0.153. The molecule has 2 amide bonds. The molecule has 0 bridgehead atoms. The van der Waals surface area contributed by atoms with E-state index in [0.29, 0.717) is 6.08 Å². The van der Waals surface area contributed by atoms with E-state index >= 15 is 0 Å². The van der Waals surface area contributed by atoms with E-state index in [1.807, 2.05) is 0 Å². The molecule has 2 aliphatic rings. The van der Waals surface area contributed by atoms with Crippen LogP contribution in [0.1, 0.15) is 5.69 Å². The van der Waals surface area contributed by atoms with E-state index in [9.17, 15) is 32.7 Å². The zero-order valence-electron chi connectivity index (χ0n) is 15.5. The van der Waals surface area contributed by atoms with Gasteiger partial charge in [0.25, 0.3) is 11.8 Å². The molecule has 0 saturated carbocycles. The third kappa shape index (κ3) is 4.66. The highest BCUT2D eigenvalue weighted by Gasteiger charge is 2.54. The number of carboxylic acids is 1. The van der Waals surface area contributed by atoms with E-state index in [-0.39, 0.29) is 33.3 Å². The molecule has 1 aromatic heterocycles. The molecule has 1 fully saturated rings. The first-order valence-electron chi connectivity index (χ1n) is 8.36. The average Bonchev–Trinajstić information content (AvgIpc) is 3.12. The van der Waals surface area contributed by atoms with Gasteiger partial charge in [-0.05, 0) is 6.08 Å². The van der Waals surface area contributed by atoms with Crippen LogP contribution in [0.4, 0.5) is 18.3 Å². The number of aromatic nitrogens is 1. The lowest BCUT2D eigenvalue weighted by atomic mass is 9.94. The number of rotatable bonds is 6. The van der Waals surface area contributed by atoms with Crippen molar-refractivity contribution in [1.82, 2.24) is 15.2 Å². The lowest BCUT2D eigenvalue weighted by Crippen LogP contribution is -2.73. The van der Waals surface area contributed by atoms with Crippen LogP contribution in [-0.4, -0.2) is 69.6 Å². The van der Waals surface area contributed by atoms with Crippen molar-refractivity contribution >= 4 is 51.7 Å². The molecule has 0 spiro atoms. The van der Waals surface area contributed by atoms with Gasteiger partial charge in [0.1, 0.15) is 24.5 Å². The van der Waals surface area contributed by atoms with Crippen molar-refractivity contribution in [3.8, 4) is 0 Å². The summed E-state index contributed by atoms with van der Waals surface area (Å²) >= 11 is 1.90. The number of carbonyl (C=O) groups is 3. The van der Waals surface area contributed by atoms with E-state index in [4.69, 9.17) is 5.73 Å². The number of allylic oxidation sites excluding steroid dienone is 2. The van der Waals surface area contributed by atoms with Crippen LogP contribution in [0.25, 0.3) is 0 Å². The Labute approximate surface area is 180 Å². The van der Waals surface area contributed by atoms with Gasteiger partial charge >= 0.3 is 12.1 Å². The number of amides is 2. The molecule has 15 heteroatoms. The van der Waals surface area contributed by atoms with Crippen LogP contribution < -0.4 is 11.1 Å². The molecule has 0 radical (unpaired) electrons. The number of fused-ring (bicyclic) bond motifs is 1. The van der Waals surface area contributed by atoms with Gasteiger partial charge in [0.05, 0.1) is 6.04 Å². The van der Waals surface area contributed by atoms with Gasteiger partial charge in [-0.1, -0.05) is 5.16 Å². The predicted octanol–water partition coefficient (Wildman–Crippen LogP) is 0.933. The van der Waals surface area contributed by atoms with E-state index in [2.05, 4.69) is 20.3 Å². The molecule has 4 N–H and O–H groups in total. The van der Waals surface area contributed by atoms with Crippen LogP contribution in [0.3, 0.4) is 0 Å². The summed E-state index contributed by atoms with van der Waals surface area (Å²) in [5.41, 5.74) is 4.85. The maximum atomic E-state index is 12.6. The summed E-state index contributed by atoms with van der Waals surface area (Å²) in [5.74, 6) is -3.06. The minimum Gasteiger partial charge on any atom is -0.477 e. The van der Waals surface area contributed by atoms with Crippen LogP contribution >= 0.6 is 23.1 Å². The second kappa shape index (κ2) is 8.58. The molecule has 10 nitrogen and oxygen atoms in total. The molecule has 3 heterocycles. The molecule has 1 saturated heterocycles. The van der Waals surface area contributed by atoms with Crippen molar-refractivity contribution in [2.24, 2.45) is 5.16 Å². The van der Waals surface area contributed by atoms with Gasteiger partial charge in [-0.15, -0.1) is 23.1 Å². The maximum absolute atomic E-state index is 12.6. The minimum absolute atomic E-state index is 0.0748. The number of nitrogens with two attached hydrogens (primary N) is 1. The third-order valence-corrected chi connectivity index (χ3v) is 6.00. The first-order valence-corrected chi connectivity index (χ1v) is 10.2. The van der Waals surface area contributed by atoms with Crippen molar-refractivity contribution in [3.63, 3.8) is 0 Å². The monoisotopic (exact) mass is 477 g/mol. The second-order valence-electron chi connectivity index (χ2n) is 6.12. The number of nitrogens with one attached hydrogen (secondary N) is 1. The average molecular weight is 477 g/mol. The molecule has 0 aromatic carbocycles. The summed E-state index contributed by atoms with van der Waals surface area (Å²) in [6, 6.07) is -1.86. The quantitative estimate of drug-likeness (QED) is 0.312. The van der Waals surface area contributed by atoms with E-state index in [1.165, 1.54) is 12.5 Å². The number of nitrogens with zero attached hydrogens (tertiary/aromatic N) is 3. The van der Waals surface area contributed by atoms with Gasteiger partial charge in [-0.3, -0.25) is 14.5 Å². The molecule has 1 aromatic rings. The topological polar surface area (TPSA) is 147 Å². The van der Waals surface area contributed by atoms with Gasteiger partial charge in [0.2, 0.25) is 0 Å². The first kappa shape index (κ1) is 22.6. The number of aliphatic carboxylic acids is 1. The molecule has 166 valence electrons. The summed E-state index contributed by atoms with van der Waals surface area (Å²) in [6.07, 6.45) is -4.13. The number of anilines is 1. The van der Waals surface area contributed by atoms with Crippen molar-refractivity contribution < 1.29 is 37.5 Å². The Kier molecular flexibility index (Phi) is 6.26. The molecular weight excluding hydrogens is 463 g/mol.